The lowest BCUT2D eigenvalue weighted by Gasteiger charge is -2.15. The van der Waals surface area contributed by atoms with Crippen molar-refractivity contribution >= 4 is 27.3 Å². The van der Waals surface area contributed by atoms with Crippen molar-refractivity contribution in [3.63, 3.8) is 0 Å². The third-order valence-electron chi connectivity index (χ3n) is 4.95. The van der Waals surface area contributed by atoms with Gasteiger partial charge in [0.15, 0.2) is 0 Å². The van der Waals surface area contributed by atoms with Gasteiger partial charge in [0.25, 0.3) is 5.56 Å². The Morgan fingerprint density at radius 2 is 1.61 bits per heavy atom. The molecular weight excluding hydrogens is 436 g/mol. The number of rotatable bonds is 6. The molecule has 3 aromatic rings. The Labute approximate surface area is 186 Å². The molecule has 31 heavy (non-hydrogen) atoms. The summed E-state index contributed by atoms with van der Waals surface area (Å²) in [6.45, 7) is 5.09. The highest BCUT2D eigenvalue weighted by Gasteiger charge is 2.26. The van der Waals surface area contributed by atoms with Crippen molar-refractivity contribution in [1.82, 2.24) is 9.88 Å². The molecule has 1 amide bonds. The summed E-state index contributed by atoms with van der Waals surface area (Å²) >= 11 is 5.86. The molecule has 6 nitrogen and oxygen atoms in total. The molecule has 0 saturated heterocycles. The van der Waals surface area contributed by atoms with Gasteiger partial charge in [-0.1, -0.05) is 41.4 Å². The molecule has 2 aromatic carbocycles. The summed E-state index contributed by atoms with van der Waals surface area (Å²) < 4.78 is 27.5. The maximum Gasteiger partial charge on any atom is 0.270 e. The van der Waals surface area contributed by atoms with Crippen molar-refractivity contribution in [3.8, 4) is 0 Å². The van der Waals surface area contributed by atoms with Crippen LogP contribution in [0.25, 0.3) is 0 Å². The fourth-order valence-electron chi connectivity index (χ4n) is 3.27. The summed E-state index contributed by atoms with van der Waals surface area (Å²) in [7, 11) is -4.03. The van der Waals surface area contributed by atoms with Gasteiger partial charge in [-0.15, -0.1) is 0 Å². The molecule has 0 aliphatic rings. The molecule has 8 heteroatoms. The summed E-state index contributed by atoms with van der Waals surface area (Å²) in [5, 5.41) is 3.34. The molecule has 0 saturated carbocycles. The molecule has 0 unspecified atom stereocenters. The number of halogens is 1. The zero-order valence-electron chi connectivity index (χ0n) is 17.5. The summed E-state index contributed by atoms with van der Waals surface area (Å²) in [5.41, 5.74) is 1.91. The van der Waals surface area contributed by atoms with Crippen LogP contribution in [-0.4, -0.2) is 18.9 Å². The molecule has 0 spiro atoms. The number of aryl methyl sites for hydroxylation is 3. The molecule has 0 bridgehead atoms. The van der Waals surface area contributed by atoms with Crippen molar-refractivity contribution in [2.24, 2.45) is 0 Å². The Hall–Kier alpha value is -2.90. The lowest BCUT2D eigenvalue weighted by molar-refractivity contribution is -0.121. The van der Waals surface area contributed by atoms with Crippen LogP contribution < -0.4 is 10.9 Å². The quantitative estimate of drug-likeness (QED) is 0.611. The minimum Gasteiger partial charge on any atom is -0.350 e. The molecular formula is C23H23ClN2O4S. The second-order valence-corrected chi connectivity index (χ2v) is 9.73. The lowest BCUT2D eigenvalue weighted by atomic mass is 10.2. The van der Waals surface area contributed by atoms with Crippen molar-refractivity contribution in [2.75, 3.05) is 0 Å². The van der Waals surface area contributed by atoms with E-state index in [1.54, 1.807) is 56.3 Å². The van der Waals surface area contributed by atoms with Crippen molar-refractivity contribution < 1.29 is 13.2 Å². The van der Waals surface area contributed by atoms with E-state index in [0.717, 1.165) is 11.1 Å². The first-order valence-corrected chi connectivity index (χ1v) is 11.5. The van der Waals surface area contributed by atoms with E-state index in [0.29, 0.717) is 16.3 Å². The maximum absolute atomic E-state index is 13.1. The minimum absolute atomic E-state index is 0.0425. The van der Waals surface area contributed by atoms with Gasteiger partial charge in [-0.05, 0) is 62.2 Å². The number of amides is 1. The van der Waals surface area contributed by atoms with E-state index in [9.17, 15) is 18.0 Å². The first kappa shape index (κ1) is 22.8. The normalized spacial score (nSPS) is 11.4. The number of hydrogen-bond acceptors (Lipinski definition) is 4. The average Bonchev–Trinajstić information content (AvgIpc) is 2.70. The Balaban J connectivity index is 1.90. The van der Waals surface area contributed by atoms with Crippen molar-refractivity contribution in [1.29, 1.82) is 0 Å². The number of hydrogen-bond donors (Lipinski definition) is 1. The van der Waals surface area contributed by atoms with E-state index in [-0.39, 0.29) is 22.9 Å². The molecule has 3 rings (SSSR count). The molecule has 0 radical (unpaired) electrons. The van der Waals surface area contributed by atoms with Crippen molar-refractivity contribution in [3.05, 3.63) is 92.4 Å². The average molecular weight is 459 g/mol. The van der Waals surface area contributed by atoms with Crippen LogP contribution >= 0.6 is 11.6 Å². The van der Waals surface area contributed by atoms with E-state index in [1.807, 2.05) is 6.92 Å². The number of pyridine rings is 1. The second-order valence-electron chi connectivity index (χ2n) is 7.41. The van der Waals surface area contributed by atoms with Crippen LogP contribution in [0.2, 0.25) is 5.02 Å². The molecule has 0 aliphatic heterocycles. The van der Waals surface area contributed by atoms with Gasteiger partial charge in [-0.2, -0.15) is 0 Å². The van der Waals surface area contributed by atoms with Crippen LogP contribution in [0.15, 0.2) is 69.2 Å². The lowest BCUT2D eigenvalue weighted by Crippen LogP contribution is -2.35. The number of nitrogens with zero attached hydrogens (tertiary/aromatic N) is 1. The third kappa shape index (κ3) is 5.06. The highest BCUT2D eigenvalue weighted by atomic mass is 35.5. The van der Waals surface area contributed by atoms with E-state index >= 15 is 0 Å². The zero-order valence-corrected chi connectivity index (χ0v) is 19.0. The predicted octanol–water partition coefficient (Wildman–Crippen LogP) is 3.58. The SMILES string of the molecule is Cc1ccc(S(=O)(=O)c2c(C)cc(C)n(CC(=O)NCc3ccc(Cl)cc3)c2=O)cc1. The van der Waals surface area contributed by atoms with Crippen LogP contribution in [0.3, 0.4) is 0 Å². The largest absolute Gasteiger partial charge is 0.350 e. The smallest absolute Gasteiger partial charge is 0.270 e. The first-order valence-electron chi connectivity index (χ1n) is 9.63. The number of nitrogens with one attached hydrogen (secondary N) is 1. The first-order chi connectivity index (χ1) is 14.6. The van der Waals surface area contributed by atoms with E-state index in [4.69, 9.17) is 11.6 Å². The Bertz CT molecular complexity index is 1280. The topological polar surface area (TPSA) is 85.2 Å². The monoisotopic (exact) mass is 458 g/mol. The summed E-state index contributed by atoms with van der Waals surface area (Å²) in [6.07, 6.45) is 0. The van der Waals surface area contributed by atoms with E-state index in [2.05, 4.69) is 5.32 Å². The Kier molecular flexibility index (Phi) is 6.67. The Morgan fingerprint density at radius 1 is 1.00 bits per heavy atom. The molecule has 1 heterocycles. The minimum atomic E-state index is -4.03. The van der Waals surface area contributed by atoms with Gasteiger partial charge in [-0.3, -0.25) is 9.59 Å². The fraction of sp³-hybridized carbons (Fsp3) is 0.217. The standard InChI is InChI=1S/C23H23ClN2O4S/c1-15-4-10-20(11-5-15)31(29,30)22-16(2)12-17(3)26(23(22)28)14-21(27)25-13-18-6-8-19(24)9-7-18/h4-12H,13-14H2,1-3H3,(H,25,27). The molecule has 0 atom stereocenters. The zero-order chi connectivity index (χ0) is 22.8. The van der Waals surface area contributed by atoms with Gasteiger partial charge in [0.05, 0.1) is 4.90 Å². The van der Waals surface area contributed by atoms with Gasteiger partial charge in [0.2, 0.25) is 15.7 Å². The van der Waals surface area contributed by atoms with Crippen molar-refractivity contribution in [2.45, 2.75) is 43.7 Å². The van der Waals surface area contributed by atoms with E-state index in [1.165, 1.54) is 16.7 Å². The predicted molar refractivity (Wildman–Crippen MR) is 120 cm³/mol. The Morgan fingerprint density at radius 3 is 2.23 bits per heavy atom. The van der Waals surface area contributed by atoms with Crippen LogP contribution in [0, 0.1) is 20.8 Å². The maximum atomic E-state index is 13.1. The molecule has 0 aliphatic carbocycles. The molecule has 162 valence electrons. The van der Waals surface area contributed by atoms with Gasteiger partial charge in [0.1, 0.15) is 11.4 Å². The summed E-state index contributed by atoms with van der Waals surface area (Å²) in [5.74, 6) is -0.400. The molecule has 1 N–H and O–H groups in total. The number of sulfone groups is 1. The van der Waals surface area contributed by atoms with Crippen LogP contribution in [0.4, 0.5) is 0 Å². The number of carbonyl (C=O) groups excluding carboxylic acids is 1. The van der Waals surface area contributed by atoms with Gasteiger partial charge in [-0.25, -0.2) is 8.42 Å². The third-order valence-corrected chi connectivity index (χ3v) is 7.13. The molecule has 1 aromatic heterocycles. The van der Waals surface area contributed by atoms with Gasteiger partial charge < -0.3 is 9.88 Å². The summed E-state index contributed by atoms with van der Waals surface area (Å²) in [4.78, 5) is 25.3. The van der Waals surface area contributed by atoms with Crippen LogP contribution in [0.1, 0.15) is 22.4 Å². The molecule has 0 fully saturated rings. The summed E-state index contributed by atoms with van der Waals surface area (Å²) in [6, 6.07) is 14.9. The highest BCUT2D eigenvalue weighted by molar-refractivity contribution is 7.91. The number of aromatic nitrogens is 1. The number of benzene rings is 2. The second kappa shape index (κ2) is 9.08. The highest BCUT2D eigenvalue weighted by Crippen LogP contribution is 2.22. The fourth-order valence-corrected chi connectivity index (χ4v) is 4.95. The number of carbonyl (C=O) groups is 1. The van der Waals surface area contributed by atoms with Crippen LogP contribution in [-0.2, 0) is 27.7 Å². The van der Waals surface area contributed by atoms with Gasteiger partial charge >= 0.3 is 0 Å². The van der Waals surface area contributed by atoms with Gasteiger partial charge in [0, 0.05) is 17.3 Å². The van der Waals surface area contributed by atoms with E-state index < -0.39 is 21.3 Å². The van der Waals surface area contributed by atoms with Crippen LogP contribution in [0.5, 0.6) is 0 Å².